The number of rotatable bonds is 7. The van der Waals surface area contributed by atoms with Crippen LogP contribution in [0.5, 0.6) is 5.75 Å². The van der Waals surface area contributed by atoms with Crippen molar-refractivity contribution >= 4 is 18.3 Å². The molecule has 0 bridgehead atoms. The zero-order chi connectivity index (χ0) is 18.2. The summed E-state index contributed by atoms with van der Waals surface area (Å²) in [7, 11) is 0. The van der Waals surface area contributed by atoms with Gasteiger partial charge in [0.15, 0.2) is 0 Å². The Kier molecular flexibility index (Phi) is 8.62. The van der Waals surface area contributed by atoms with Crippen molar-refractivity contribution in [3.8, 4) is 16.9 Å². The zero-order valence-electron chi connectivity index (χ0n) is 15.6. The summed E-state index contributed by atoms with van der Waals surface area (Å²) in [5.41, 5.74) is 8.00. The minimum atomic E-state index is 0. The molecule has 0 aliphatic heterocycles. The number of carbonyl (C=O) groups excluding carboxylic acids is 1. The molecule has 1 saturated carbocycles. The lowest BCUT2D eigenvalue weighted by Crippen LogP contribution is -2.45. The highest BCUT2D eigenvalue weighted by Crippen LogP contribution is 2.29. The van der Waals surface area contributed by atoms with E-state index in [-0.39, 0.29) is 24.4 Å². The van der Waals surface area contributed by atoms with Crippen molar-refractivity contribution in [3.05, 3.63) is 54.6 Å². The van der Waals surface area contributed by atoms with Gasteiger partial charge in [-0.15, -0.1) is 12.4 Å². The van der Waals surface area contributed by atoms with E-state index in [9.17, 15) is 4.79 Å². The lowest BCUT2D eigenvalue weighted by Gasteiger charge is -2.31. The van der Waals surface area contributed by atoms with Crippen LogP contribution in [-0.2, 0) is 4.79 Å². The lowest BCUT2D eigenvalue weighted by atomic mass is 9.84. The molecule has 0 aromatic heterocycles. The molecular weight excluding hydrogens is 360 g/mol. The van der Waals surface area contributed by atoms with Crippen LogP contribution in [0.2, 0.25) is 0 Å². The fraction of sp³-hybridized carbons (Fsp3) is 0.409. The Labute approximate surface area is 167 Å². The maximum atomic E-state index is 12.3. The number of amides is 1. The van der Waals surface area contributed by atoms with Gasteiger partial charge in [0.1, 0.15) is 5.75 Å². The topological polar surface area (TPSA) is 64.3 Å². The van der Waals surface area contributed by atoms with Gasteiger partial charge in [0, 0.05) is 11.6 Å². The Balaban J connectivity index is 0.00000261. The second kappa shape index (κ2) is 11.0. The van der Waals surface area contributed by atoms with Crippen LogP contribution in [0.3, 0.4) is 0 Å². The minimum absolute atomic E-state index is 0. The Morgan fingerprint density at radius 2 is 1.74 bits per heavy atom. The molecule has 0 radical (unpaired) electrons. The van der Waals surface area contributed by atoms with Gasteiger partial charge in [-0.05, 0) is 36.9 Å². The minimum Gasteiger partial charge on any atom is -0.492 e. The fourth-order valence-electron chi connectivity index (χ4n) is 3.66. The average molecular weight is 389 g/mol. The van der Waals surface area contributed by atoms with Gasteiger partial charge < -0.3 is 15.8 Å². The third-order valence-corrected chi connectivity index (χ3v) is 5.12. The van der Waals surface area contributed by atoms with Crippen molar-refractivity contribution in [2.75, 3.05) is 13.2 Å². The van der Waals surface area contributed by atoms with Crippen LogP contribution in [0.1, 0.15) is 32.1 Å². The molecule has 3 N–H and O–H groups in total. The summed E-state index contributed by atoms with van der Waals surface area (Å²) in [6.07, 6.45) is 4.89. The maximum Gasteiger partial charge on any atom is 0.223 e. The molecule has 146 valence electrons. The number of nitrogens with two attached hydrogens (primary N) is 1. The quantitative estimate of drug-likeness (QED) is 0.747. The number of halogens is 1. The standard InChI is InChI=1S/C22H28N2O2.ClH/c23-16-18-10-4-6-12-20(18)24-22(25)14-15-26-21-13-7-5-11-19(21)17-8-2-1-3-9-17;/h1-3,5,7-9,11,13,18,20H,4,6,10,12,14-16,23H2,(H,24,25);1H. The van der Waals surface area contributed by atoms with Gasteiger partial charge in [-0.2, -0.15) is 0 Å². The van der Waals surface area contributed by atoms with E-state index in [0.29, 0.717) is 25.5 Å². The Morgan fingerprint density at radius 3 is 2.52 bits per heavy atom. The van der Waals surface area contributed by atoms with E-state index >= 15 is 0 Å². The van der Waals surface area contributed by atoms with Crippen LogP contribution < -0.4 is 15.8 Å². The number of nitrogens with one attached hydrogen (secondary N) is 1. The maximum absolute atomic E-state index is 12.3. The molecule has 3 rings (SSSR count). The number of benzene rings is 2. The molecule has 1 aliphatic rings. The zero-order valence-corrected chi connectivity index (χ0v) is 16.4. The summed E-state index contributed by atoms with van der Waals surface area (Å²) in [6, 6.07) is 18.3. The Morgan fingerprint density at radius 1 is 1.04 bits per heavy atom. The monoisotopic (exact) mass is 388 g/mol. The highest BCUT2D eigenvalue weighted by molar-refractivity contribution is 5.85. The highest BCUT2D eigenvalue weighted by Gasteiger charge is 2.25. The second-order valence-corrected chi connectivity index (χ2v) is 6.91. The Bertz CT molecular complexity index is 708. The summed E-state index contributed by atoms with van der Waals surface area (Å²) in [4.78, 5) is 12.3. The molecule has 1 amide bonds. The fourth-order valence-corrected chi connectivity index (χ4v) is 3.66. The van der Waals surface area contributed by atoms with E-state index in [2.05, 4.69) is 17.4 Å². The van der Waals surface area contributed by atoms with E-state index < -0.39 is 0 Å². The van der Waals surface area contributed by atoms with Gasteiger partial charge in [0.2, 0.25) is 5.91 Å². The summed E-state index contributed by atoms with van der Waals surface area (Å²) < 4.78 is 5.92. The van der Waals surface area contributed by atoms with E-state index in [1.165, 1.54) is 12.8 Å². The molecule has 2 aromatic carbocycles. The van der Waals surface area contributed by atoms with Gasteiger partial charge in [-0.1, -0.05) is 61.4 Å². The van der Waals surface area contributed by atoms with Crippen molar-refractivity contribution in [3.63, 3.8) is 0 Å². The number of para-hydroxylation sites is 1. The molecule has 1 aliphatic carbocycles. The first-order chi connectivity index (χ1) is 12.8. The van der Waals surface area contributed by atoms with Crippen molar-refractivity contribution in [1.29, 1.82) is 0 Å². The molecule has 0 spiro atoms. The predicted molar refractivity (Wildman–Crippen MR) is 112 cm³/mol. The first kappa shape index (κ1) is 21.3. The van der Waals surface area contributed by atoms with Gasteiger partial charge in [0.05, 0.1) is 13.0 Å². The smallest absolute Gasteiger partial charge is 0.223 e. The normalized spacial score (nSPS) is 19.0. The van der Waals surface area contributed by atoms with Gasteiger partial charge >= 0.3 is 0 Å². The third-order valence-electron chi connectivity index (χ3n) is 5.12. The molecule has 27 heavy (non-hydrogen) atoms. The third kappa shape index (κ3) is 5.98. The summed E-state index contributed by atoms with van der Waals surface area (Å²) in [5, 5.41) is 3.15. The Hall–Kier alpha value is -2.04. The van der Waals surface area contributed by atoms with Crippen LogP contribution in [0.15, 0.2) is 54.6 Å². The first-order valence-corrected chi connectivity index (χ1v) is 9.54. The van der Waals surface area contributed by atoms with Crippen LogP contribution in [0.4, 0.5) is 0 Å². The van der Waals surface area contributed by atoms with E-state index in [1.54, 1.807) is 0 Å². The van der Waals surface area contributed by atoms with E-state index in [0.717, 1.165) is 29.7 Å². The van der Waals surface area contributed by atoms with E-state index in [1.807, 2.05) is 42.5 Å². The van der Waals surface area contributed by atoms with Gasteiger partial charge in [-0.3, -0.25) is 4.79 Å². The van der Waals surface area contributed by atoms with Crippen molar-refractivity contribution in [2.45, 2.75) is 38.1 Å². The average Bonchev–Trinajstić information content (AvgIpc) is 2.69. The van der Waals surface area contributed by atoms with Crippen LogP contribution in [-0.4, -0.2) is 25.1 Å². The molecule has 0 saturated heterocycles. The first-order valence-electron chi connectivity index (χ1n) is 9.54. The van der Waals surface area contributed by atoms with Crippen molar-refractivity contribution in [1.82, 2.24) is 5.32 Å². The highest BCUT2D eigenvalue weighted by atomic mass is 35.5. The number of hydrogen-bond acceptors (Lipinski definition) is 3. The van der Waals surface area contributed by atoms with Crippen molar-refractivity contribution in [2.24, 2.45) is 11.7 Å². The number of hydrogen-bond donors (Lipinski definition) is 2. The molecule has 2 atom stereocenters. The molecule has 1 fully saturated rings. The summed E-state index contributed by atoms with van der Waals surface area (Å²) in [5.74, 6) is 1.27. The molecule has 4 nitrogen and oxygen atoms in total. The number of ether oxygens (including phenoxy) is 1. The molecule has 2 aromatic rings. The molecule has 5 heteroatoms. The van der Waals surface area contributed by atoms with Crippen LogP contribution in [0.25, 0.3) is 11.1 Å². The lowest BCUT2D eigenvalue weighted by molar-refractivity contribution is -0.122. The summed E-state index contributed by atoms with van der Waals surface area (Å²) >= 11 is 0. The number of carbonyl (C=O) groups is 1. The second-order valence-electron chi connectivity index (χ2n) is 6.91. The SMILES string of the molecule is Cl.NCC1CCCCC1NC(=O)CCOc1ccccc1-c1ccccc1. The van der Waals surface area contributed by atoms with Crippen LogP contribution in [0, 0.1) is 5.92 Å². The summed E-state index contributed by atoms with van der Waals surface area (Å²) in [6.45, 7) is 1.02. The largest absolute Gasteiger partial charge is 0.492 e. The van der Waals surface area contributed by atoms with Gasteiger partial charge in [0.25, 0.3) is 0 Å². The van der Waals surface area contributed by atoms with Gasteiger partial charge in [-0.25, -0.2) is 0 Å². The molecular formula is C22H29ClN2O2. The molecule has 0 heterocycles. The van der Waals surface area contributed by atoms with Crippen molar-refractivity contribution < 1.29 is 9.53 Å². The van der Waals surface area contributed by atoms with E-state index in [4.69, 9.17) is 10.5 Å². The predicted octanol–water partition coefficient (Wildman–Crippen LogP) is 4.18. The molecule has 2 unspecified atom stereocenters. The van der Waals surface area contributed by atoms with Crippen LogP contribution >= 0.6 is 12.4 Å².